The maximum atomic E-state index is 11.7. The normalized spacial score (nSPS) is 11.6. The van der Waals surface area contributed by atoms with Gasteiger partial charge in [-0.3, -0.25) is 9.63 Å². The van der Waals surface area contributed by atoms with E-state index in [1.54, 1.807) is 13.3 Å². The SMILES string of the molecule is CC(=O)N(CCCP(C)(C)=O)OCc1ccc2ccccc2c1. The Labute approximate surface area is 137 Å². The Balaban J connectivity index is 1.94. The number of rotatable bonds is 7. The summed E-state index contributed by atoms with van der Waals surface area (Å²) < 4.78 is 11.7. The molecule has 124 valence electrons. The van der Waals surface area contributed by atoms with Crippen LogP contribution in [0, 0.1) is 0 Å². The van der Waals surface area contributed by atoms with Gasteiger partial charge >= 0.3 is 0 Å². The van der Waals surface area contributed by atoms with E-state index in [2.05, 4.69) is 24.3 Å². The Hall–Kier alpha value is -1.64. The second kappa shape index (κ2) is 7.76. The summed E-state index contributed by atoms with van der Waals surface area (Å²) in [5.74, 6) is -0.132. The van der Waals surface area contributed by atoms with Crippen molar-refractivity contribution >= 4 is 23.8 Å². The van der Waals surface area contributed by atoms with Crippen LogP contribution in [0.1, 0.15) is 18.9 Å². The van der Waals surface area contributed by atoms with E-state index in [9.17, 15) is 9.36 Å². The smallest absolute Gasteiger partial charge is 0.243 e. The number of nitrogens with zero attached hydrogens (tertiary/aromatic N) is 1. The van der Waals surface area contributed by atoms with Crippen LogP contribution < -0.4 is 0 Å². The molecule has 0 fully saturated rings. The maximum Gasteiger partial charge on any atom is 0.243 e. The van der Waals surface area contributed by atoms with Gasteiger partial charge in [-0.25, -0.2) is 5.06 Å². The third kappa shape index (κ3) is 5.81. The number of benzene rings is 2. The Bertz CT molecular complexity index is 723. The molecule has 0 spiro atoms. The molecule has 2 aromatic carbocycles. The lowest BCUT2D eigenvalue weighted by atomic mass is 10.1. The fourth-order valence-electron chi connectivity index (χ4n) is 2.39. The highest BCUT2D eigenvalue weighted by Gasteiger charge is 2.13. The molecule has 0 aliphatic rings. The highest BCUT2D eigenvalue weighted by Crippen LogP contribution is 2.36. The Kier molecular flexibility index (Phi) is 5.97. The molecule has 0 unspecified atom stereocenters. The molecular weight excluding hydrogens is 309 g/mol. The lowest BCUT2D eigenvalue weighted by Crippen LogP contribution is -2.30. The highest BCUT2D eigenvalue weighted by atomic mass is 31.2. The van der Waals surface area contributed by atoms with E-state index in [1.165, 1.54) is 17.4 Å². The van der Waals surface area contributed by atoms with Crippen LogP contribution in [-0.2, 0) is 20.8 Å². The minimum absolute atomic E-state index is 0.132. The monoisotopic (exact) mass is 333 g/mol. The standard InChI is InChI=1S/C18H24NO3P/c1-15(20)19(11-6-12-23(2,3)21)22-14-16-9-10-17-7-4-5-8-18(17)13-16/h4-5,7-10,13H,6,11-12,14H2,1-3H3. The number of fused-ring (bicyclic) bond motifs is 1. The van der Waals surface area contributed by atoms with Gasteiger partial charge in [-0.1, -0.05) is 36.4 Å². The Morgan fingerprint density at radius 3 is 2.48 bits per heavy atom. The van der Waals surface area contributed by atoms with E-state index in [4.69, 9.17) is 4.84 Å². The van der Waals surface area contributed by atoms with Crippen molar-refractivity contribution in [3.8, 4) is 0 Å². The first-order valence-electron chi connectivity index (χ1n) is 7.78. The van der Waals surface area contributed by atoms with Crippen molar-refractivity contribution in [3.05, 3.63) is 48.0 Å². The van der Waals surface area contributed by atoms with Gasteiger partial charge in [0.2, 0.25) is 5.91 Å². The average Bonchev–Trinajstić information content (AvgIpc) is 2.49. The summed E-state index contributed by atoms with van der Waals surface area (Å²) in [6.07, 6.45) is 1.30. The van der Waals surface area contributed by atoms with Crippen molar-refractivity contribution < 1.29 is 14.2 Å². The van der Waals surface area contributed by atoms with E-state index in [-0.39, 0.29) is 5.91 Å². The van der Waals surface area contributed by atoms with Crippen LogP contribution in [0.5, 0.6) is 0 Å². The number of carbonyl (C=O) groups is 1. The lowest BCUT2D eigenvalue weighted by molar-refractivity contribution is -0.189. The van der Waals surface area contributed by atoms with Crippen LogP contribution in [0.4, 0.5) is 0 Å². The van der Waals surface area contributed by atoms with Gasteiger partial charge in [0.25, 0.3) is 0 Å². The van der Waals surface area contributed by atoms with Gasteiger partial charge in [0.05, 0.1) is 7.14 Å². The van der Waals surface area contributed by atoms with Crippen LogP contribution >= 0.6 is 7.14 Å². The summed E-state index contributed by atoms with van der Waals surface area (Å²) in [5, 5.41) is 3.70. The van der Waals surface area contributed by atoms with E-state index < -0.39 is 7.14 Å². The lowest BCUT2D eigenvalue weighted by Gasteiger charge is -2.21. The molecule has 1 amide bonds. The minimum Gasteiger partial charge on any atom is -0.324 e. The second-order valence-corrected chi connectivity index (χ2v) is 9.82. The summed E-state index contributed by atoms with van der Waals surface area (Å²) in [4.78, 5) is 17.3. The molecule has 0 aromatic heterocycles. The first-order chi connectivity index (χ1) is 10.8. The zero-order chi connectivity index (χ0) is 16.9. The van der Waals surface area contributed by atoms with Crippen molar-refractivity contribution in [2.45, 2.75) is 20.0 Å². The molecule has 0 aliphatic heterocycles. The van der Waals surface area contributed by atoms with Gasteiger partial charge in [-0.2, -0.15) is 0 Å². The zero-order valence-corrected chi connectivity index (χ0v) is 14.9. The number of amides is 1. The summed E-state index contributed by atoms with van der Waals surface area (Å²) in [6, 6.07) is 14.3. The average molecular weight is 333 g/mol. The number of hydrogen-bond acceptors (Lipinski definition) is 3. The van der Waals surface area contributed by atoms with Crippen LogP contribution in [0.3, 0.4) is 0 Å². The molecule has 0 bridgehead atoms. The van der Waals surface area contributed by atoms with Gasteiger partial charge in [0.1, 0.15) is 6.61 Å². The molecule has 0 heterocycles. The summed E-state index contributed by atoms with van der Waals surface area (Å²) in [6.45, 7) is 5.83. The fraction of sp³-hybridized carbons (Fsp3) is 0.389. The first kappa shape index (κ1) is 17.7. The third-order valence-corrected chi connectivity index (χ3v) is 5.00. The van der Waals surface area contributed by atoms with Gasteiger partial charge in [0, 0.05) is 19.6 Å². The summed E-state index contributed by atoms with van der Waals surface area (Å²) in [7, 11) is -2.05. The van der Waals surface area contributed by atoms with Crippen LogP contribution in [0.25, 0.3) is 10.8 Å². The minimum atomic E-state index is -2.05. The molecule has 0 radical (unpaired) electrons. The van der Waals surface area contributed by atoms with Gasteiger partial charge in [0.15, 0.2) is 0 Å². The molecule has 23 heavy (non-hydrogen) atoms. The van der Waals surface area contributed by atoms with Crippen molar-refractivity contribution in [3.63, 3.8) is 0 Å². The van der Waals surface area contributed by atoms with Crippen molar-refractivity contribution in [1.29, 1.82) is 0 Å². The molecule has 0 atom stereocenters. The Morgan fingerprint density at radius 2 is 1.83 bits per heavy atom. The first-order valence-corrected chi connectivity index (χ1v) is 10.6. The quantitative estimate of drug-likeness (QED) is 0.565. The molecular formula is C18H24NO3P. The third-order valence-electron chi connectivity index (χ3n) is 3.61. The van der Waals surface area contributed by atoms with Crippen molar-refractivity contribution in [2.24, 2.45) is 0 Å². The second-order valence-electron chi connectivity index (χ2n) is 6.23. The van der Waals surface area contributed by atoms with E-state index >= 15 is 0 Å². The molecule has 5 heteroatoms. The van der Waals surface area contributed by atoms with Crippen LogP contribution in [0.15, 0.2) is 42.5 Å². The van der Waals surface area contributed by atoms with Crippen molar-refractivity contribution in [2.75, 3.05) is 26.0 Å². The predicted octanol–water partition coefficient (Wildman–Crippen LogP) is 4.13. The van der Waals surface area contributed by atoms with Crippen molar-refractivity contribution in [1.82, 2.24) is 5.06 Å². The maximum absolute atomic E-state index is 11.7. The summed E-state index contributed by atoms with van der Waals surface area (Å²) in [5.41, 5.74) is 1.02. The number of carbonyl (C=O) groups excluding carboxylic acids is 1. The van der Waals surface area contributed by atoms with Crippen LogP contribution in [-0.4, -0.2) is 37.0 Å². The molecule has 0 saturated carbocycles. The van der Waals surface area contributed by atoms with Gasteiger partial charge in [-0.15, -0.1) is 0 Å². The largest absolute Gasteiger partial charge is 0.324 e. The fourth-order valence-corrected chi connectivity index (χ4v) is 3.29. The van der Waals surface area contributed by atoms with E-state index in [0.29, 0.717) is 25.7 Å². The zero-order valence-electron chi connectivity index (χ0n) is 14.0. The van der Waals surface area contributed by atoms with Gasteiger partial charge < -0.3 is 4.57 Å². The summed E-state index contributed by atoms with van der Waals surface area (Å²) >= 11 is 0. The number of hydroxylamine groups is 2. The molecule has 0 N–H and O–H groups in total. The Morgan fingerprint density at radius 1 is 1.13 bits per heavy atom. The topological polar surface area (TPSA) is 46.6 Å². The molecule has 2 rings (SSSR count). The van der Waals surface area contributed by atoms with E-state index in [0.717, 1.165) is 10.9 Å². The van der Waals surface area contributed by atoms with E-state index in [1.807, 2.05) is 18.2 Å². The molecule has 0 aliphatic carbocycles. The molecule has 0 saturated heterocycles. The molecule has 4 nitrogen and oxygen atoms in total. The highest BCUT2D eigenvalue weighted by molar-refractivity contribution is 7.62. The molecule has 2 aromatic rings. The number of hydrogen-bond donors (Lipinski definition) is 0. The van der Waals surface area contributed by atoms with Gasteiger partial charge in [-0.05, 0) is 42.2 Å². The van der Waals surface area contributed by atoms with Crippen LogP contribution in [0.2, 0.25) is 0 Å². The predicted molar refractivity (Wildman–Crippen MR) is 95.1 cm³/mol.